The van der Waals surface area contributed by atoms with E-state index in [0.717, 1.165) is 4.88 Å². The molecule has 0 bridgehead atoms. The van der Waals surface area contributed by atoms with E-state index in [-0.39, 0.29) is 11.4 Å². The molecule has 4 nitrogen and oxygen atoms in total. The third kappa shape index (κ3) is 4.94. The fourth-order valence-electron chi connectivity index (χ4n) is 1.91. The molecule has 0 radical (unpaired) electrons. The van der Waals surface area contributed by atoms with Gasteiger partial charge >= 0.3 is 6.18 Å². The van der Waals surface area contributed by atoms with E-state index in [1.54, 1.807) is 20.9 Å². The Hall–Kier alpha value is -0.640. The molecule has 21 heavy (non-hydrogen) atoms. The molecule has 1 aromatic rings. The highest BCUT2D eigenvalue weighted by Gasteiger charge is 2.37. The second kappa shape index (κ2) is 7.08. The number of alkyl halides is 3. The molecule has 0 aliphatic heterocycles. The van der Waals surface area contributed by atoms with Gasteiger partial charge in [0.15, 0.2) is 0 Å². The molecule has 1 rings (SSSR count). The number of hydrogen-bond donors (Lipinski definition) is 1. The molecule has 1 heterocycles. The van der Waals surface area contributed by atoms with E-state index in [4.69, 9.17) is 0 Å². The molecule has 0 aromatic carbocycles. The number of rotatable bonds is 7. The molecule has 9 heteroatoms. The van der Waals surface area contributed by atoms with Crippen LogP contribution < -0.4 is 5.32 Å². The van der Waals surface area contributed by atoms with E-state index in [0.29, 0.717) is 22.1 Å². The molecule has 1 aromatic heterocycles. The Morgan fingerprint density at radius 3 is 2.48 bits per heavy atom. The van der Waals surface area contributed by atoms with Gasteiger partial charge in [0.2, 0.25) is 10.0 Å². The molecular formula is C12H19F3N2O2S2. The Morgan fingerprint density at radius 2 is 2.00 bits per heavy atom. The van der Waals surface area contributed by atoms with Crippen LogP contribution in [0.3, 0.4) is 0 Å². The molecule has 0 unspecified atom stereocenters. The van der Waals surface area contributed by atoms with E-state index in [2.05, 4.69) is 5.32 Å². The summed E-state index contributed by atoms with van der Waals surface area (Å²) in [5, 5.41) is 2.89. The summed E-state index contributed by atoms with van der Waals surface area (Å²) in [5.74, 6) is 0. The Bertz CT molecular complexity index is 568. The van der Waals surface area contributed by atoms with Crippen molar-refractivity contribution in [2.45, 2.75) is 37.9 Å². The minimum absolute atomic E-state index is 0.0320. The summed E-state index contributed by atoms with van der Waals surface area (Å²) in [6, 6.07) is 1.45. The number of nitrogens with zero attached hydrogens (tertiary/aromatic N) is 1. The summed E-state index contributed by atoms with van der Waals surface area (Å²) in [6.45, 7) is 2.12. The van der Waals surface area contributed by atoms with Gasteiger partial charge in [0.25, 0.3) is 0 Å². The number of sulfonamides is 1. The standard InChI is InChI=1S/C12H19F3N2O2S2/c1-4-5-17(8-12(13,14)15)21(18,19)11-6-10(7-16-3)20-9(11)2/h6,16H,4-5,7-8H2,1-3H3. The maximum atomic E-state index is 12.6. The van der Waals surface area contributed by atoms with Gasteiger partial charge in [-0.1, -0.05) is 6.92 Å². The van der Waals surface area contributed by atoms with Gasteiger partial charge in [-0.25, -0.2) is 8.42 Å². The second-order valence-corrected chi connectivity index (χ2v) is 7.86. The smallest absolute Gasteiger partial charge is 0.315 e. The maximum absolute atomic E-state index is 12.6. The van der Waals surface area contributed by atoms with E-state index in [1.807, 2.05) is 0 Å². The zero-order valence-corrected chi connectivity index (χ0v) is 13.8. The molecule has 1 N–H and O–H groups in total. The molecule has 122 valence electrons. The molecule has 0 saturated heterocycles. The van der Waals surface area contributed by atoms with Crippen molar-refractivity contribution in [1.82, 2.24) is 9.62 Å². The fourth-order valence-corrected chi connectivity index (χ4v) is 5.05. The first-order valence-electron chi connectivity index (χ1n) is 6.42. The molecular weight excluding hydrogens is 325 g/mol. The van der Waals surface area contributed by atoms with Crippen LogP contribution in [0, 0.1) is 6.92 Å². The number of thiophene rings is 1. The van der Waals surface area contributed by atoms with Crippen molar-refractivity contribution in [1.29, 1.82) is 0 Å². The summed E-state index contributed by atoms with van der Waals surface area (Å²) in [5.41, 5.74) is 0. The van der Waals surface area contributed by atoms with Gasteiger partial charge < -0.3 is 5.32 Å². The van der Waals surface area contributed by atoms with Crippen molar-refractivity contribution in [3.8, 4) is 0 Å². The Kier molecular flexibility index (Phi) is 6.21. The van der Waals surface area contributed by atoms with E-state index in [9.17, 15) is 21.6 Å². The quantitative estimate of drug-likeness (QED) is 0.827. The second-order valence-electron chi connectivity index (χ2n) is 4.62. The van der Waals surface area contributed by atoms with Crippen LogP contribution in [0.4, 0.5) is 13.2 Å². The van der Waals surface area contributed by atoms with Gasteiger partial charge in [-0.2, -0.15) is 17.5 Å². The largest absolute Gasteiger partial charge is 0.402 e. The van der Waals surface area contributed by atoms with Crippen LogP contribution in [0.1, 0.15) is 23.1 Å². The molecule has 0 fully saturated rings. The minimum atomic E-state index is -4.56. The van der Waals surface area contributed by atoms with E-state index in [1.165, 1.54) is 17.4 Å². The SMILES string of the molecule is CCCN(CC(F)(F)F)S(=O)(=O)c1cc(CNC)sc1C. The van der Waals surface area contributed by atoms with Crippen molar-refractivity contribution in [3.05, 3.63) is 15.8 Å². The van der Waals surface area contributed by atoms with Gasteiger partial charge in [0.05, 0.1) is 4.90 Å². The van der Waals surface area contributed by atoms with Crippen molar-refractivity contribution in [2.75, 3.05) is 20.1 Å². The van der Waals surface area contributed by atoms with Crippen LogP contribution in [-0.2, 0) is 16.6 Å². The molecule has 0 aliphatic carbocycles. The molecule has 0 saturated carbocycles. The highest BCUT2D eigenvalue weighted by atomic mass is 32.2. The molecule has 0 amide bonds. The molecule has 0 spiro atoms. The monoisotopic (exact) mass is 344 g/mol. The first kappa shape index (κ1) is 18.4. The lowest BCUT2D eigenvalue weighted by atomic mass is 10.4. The van der Waals surface area contributed by atoms with E-state index >= 15 is 0 Å². The van der Waals surface area contributed by atoms with Gasteiger partial charge in [-0.05, 0) is 26.5 Å². The Labute approximate surface area is 127 Å². The summed E-state index contributed by atoms with van der Waals surface area (Å²) < 4.78 is 63.2. The van der Waals surface area contributed by atoms with Crippen molar-refractivity contribution in [3.63, 3.8) is 0 Å². The summed E-state index contributed by atoms with van der Waals surface area (Å²) >= 11 is 1.27. The zero-order chi connectivity index (χ0) is 16.3. The maximum Gasteiger partial charge on any atom is 0.402 e. The van der Waals surface area contributed by atoms with Crippen LogP contribution in [0.5, 0.6) is 0 Å². The first-order chi connectivity index (χ1) is 9.61. The van der Waals surface area contributed by atoms with Crippen LogP contribution >= 0.6 is 11.3 Å². The van der Waals surface area contributed by atoms with E-state index < -0.39 is 22.7 Å². The van der Waals surface area contributed by atoms with Crippen molar-refractivity contribution in [2.24, 2.45) is 0 Å². The predicted molar refractivity (Wildman–Crippen MR) is 76.9 cm³/mol. The normalized spacial score (nSPS) is 13.1. The summed E-state index contributed by atoms with van der Waals surface area (Å²) in [6.07, 6.45) is -4.23. The third-order valence-corrected chi connectivity index (χ3v) is 5.87. The summed E-state index contributed by atoms with van der Waals surface area (Å²) in [7, 11) is -2.41. The Morgan fingerprint density at radius 1 is 1.38 bits per heavy atom. The number of aryl methyl sites for hydroxylation is 1. The molecule has 0 atom stereocenters. The topological polar surface area (TPSA) is 49.4 Å². The lowest BCUT2D eigenvalue weighted by molar-refractivity contribution is -0.136. The summed E-state index contributed by atoms with van der Waals surface area (Å²) in [4.78, 5) is 1.25. The van der Waals surface area contributed by atoms with Gasteiger partial charge in [-0.3, -0.25) is 0 Å². The minimum Gasteiger partial charge on any atom is -0.315 e. The predicted octanol–water partition coefficient (Wildman–Crippen LogP) is 2.74. The average molecular weight is 344 g/mol. The fraction of sp³-hybridized carbons (Fsp3) is 0.667. The number of hydrogen-bond acceptors (Lipinski definition) is 4. The third-order valence-electron chi connectivity index (χ3n) is 2.72. The van der Waals surface area contributed by atoms with Crippen molar-refractivity contribution < 1.29 is 21.6 Å². The highest BCUT2D eigenvalue weighted by Crippen LogP contribution is 2.30. The lowest BCUT2D eigenvalue weighted by Crippen LogP contribution is -2.39. The van der Waals surface area contributed by atoms with Crippen LogP contribution in [0.15, 0.2) is 11.0 Å². The van der Waals surface area contributed by atoms with Crippen molar-refractivity contribution >= 4 is 21.4 Å². The lowest BCUT2D eigenvalue weighted by Gasteiger charge is -2.22. The van der Waals surface area contributed by atoms with Crippen LogP contribution in [0.2, 0.25) is 0 Å². The van der Waals surface area contributed by atoms with Crippen LogP contribution in [0.25, 0.3) is 0 Å². The Balaban J connectivity index is 3.16. The van der Waals surface area contributed by atoms with Crippen LogP contribution in [-0.4, -0.2) is 39.0 Å². The zero-order valence-electron chi connectivity index (χ0n) is 12.1. The van der Waals surface area contributed by atoms with Gasteiger partial charge in [0.1, 0.15) is 6.54 Å². The number of nitrogens with one attached hydrogen (secondary N) is 1. The average Bonchev–Trinajstić information content (AvgIpc) is 2.69. The number of halogens is 3. The van der Waals surface area contributed by atoms with Gasteiger partial charge in [-0.15, -0.1) is 11.3 Å². The molecule has 0 aliphatic rings. The first-order valence-corrected chi connectivity index (χ1v) is 8.68. The highest BCUT2D eigenvalue weighted by molar-refractivity contribution is 7.89. The van der Waals surface area contributed by atoms with Gasteiger partial charge in [0, 0.05) is 22.8 Å².